The van der Waals surface area contributed by atoms with Gasteiger partial charge >= 0.3 is 0 Å². The average molecular weight is 307 g/mol. The summed E-state index contributed by atoms with van der Waals surface area (Å²) >= 11 is 5.99. The van der Waals surface area contributed by atoms with Crippen LogP contribution in [0.4, 0.5) is 0 Å². The molecule has 1 fully saturated rings. The van der Waals surface area contributed by atoms with Gasteiger partial charge in [-0.3, -0.25) is 4.90 Å². The molecule has 3 rings (SSSR count). The van der Waals surface area contributed by atoms with Gasteiger partial charge in [0.25, 0.3) is 0 Å². The minimum Gasteiger partial charge on any atom is -0.338 e. The lowest BCUT2D eigenvalue weighted by molar-refractivity contribution is 0.123. The molecule has 2 unspecified atom stereocenters. The lowest BCUT2D eigenvalue weighted by Gasteiger charge is -2.36. The maximum Gasteiger partial charge on any atom is 0.241 e. The van der Waals surface area contributed by atoms with E-state index in [0.717, 1.165) is 18.7 Å². The van der Waals surface area contributed by atoms with E-state index in [2.05, 4.69) is 34.2 Å². The van der Waals surface area contributed by atoms with Gasteiger partial charge in [-0.1, -0.05) is 28.9 Å². The minimum atomic E-state index is 0.461. The molecular formula is C15H19ClN4O. The summed E-state index contributed by atoms with van der Waals surface area (Å²) in [4.78, 5) is 6.83. The highest BCUT2D eigenvalue weighted by atomic mass is 35.5. The highest BCUT2D eigenvalue weighted by molar-refractivity contribution is 6.30. The monoisotopic (exact) mass is 306 g/mol. The van der Waals surface area contributed by atoms with Gasteiger partial charge in [-0.15, -0.1) is 0 Å². The SMILES string of the molecule is CC1CN(Cc2nc(-c3cccc(Cl)c3)no2)C(C)CN1. The number of aromatic nitrogens is 2. The number of hydrogen-bond donors (Lipinski definition) is 1. The maximum atomic E-state index is 5.99. The fourth-order valence-corrected chi connectivity index (χ4v) is 2.75. The maximum absolute atomic E-state index is 5.99. The van der Waals surface area contributed by atoms with Gasteiger partial charge in [-0.2, -0.15) is 4.98 Å². The van der Waals surface area contributed by atoms with Crippen LogP contribution in [0.1, 0.15) is 19.7 Å². The normalized spacial score (nSPS) is 23.4. The zero-order valence-electron chi connectivity index (χ0n) is 12.2. The van der Waals surface area contributed by atoms with Crippen molar-refractivity contribution in [1.29, 1.82) is 0 Å². The van der Waals surface area contributed by atoms with Crippen molar-refractivity contribution in [3.05, 3.63) is 35.2 Å². The van der Waals surface area contributed by atoms with Crippen molar-refractivity contribution in [2.45, 2.75) is 32.5 Å². The van der Waals surface area contributed by atoms with Crippen molar-refractivity contribution in [3.63, 3.8) is 0 Å². The Balaban J connectivity index is 1.73. The number of rotatable bonds is 3. The molecule has 1 aromatic heterocycles. The van der Waals surface area contributed by atoms with Crippen molar-refractivity contribution in [1.82, 2.24) is 20.4 Å². The number of nitrogens with zero attached hydrogens (tertiary/aromatic N) is 3. The second-order valence-corrected chi connectivity index (χ2v) is 6.05. The third kappa shape index (κ3) is 3.43. The van der Waals surface area contributed by atoms with E-state index in [1.807, 2.05) is 24.3 Å². The molecule has 1 aromatic carbocycles. The number of piperazine rings is 1. The quantitative estimate of drug-likeness (QED) is 0.944. The van der Waals surface area contributed by atoms with Gasteiger partial charge in [0.1, 0.15) is 0 Å². The van der Waals surface area contributed by atoms with Crippen LogP contribution in [0.2, 0.25) is 5.02 Å². The van der Waals surface area contributed by atoms with Crippen LogP contribution < -0.4 is 5.32 Å². The summed E-state index contributed by atoms with van der Waals surface area (Å²) in [5.41, 5.74) is 0.874. The Bertz CT molecular complexity index is 615. The average Bonchev–Trinajstić information content (AvgIpc) is 2.91. The van der Waals surface area contributed by atoms with Crippen molar-refractivity contribution < 1.29 is 4.52 Å². The van der Waals surface area contributed by atoms with E-state index in [1.54, 1.807) is 0 Å². The van der Waals surface area contributed by atoms with Gasteiger partial charge in [0, 0.05) is 35.8 Å². The summed E-state index contributed by atoms with van der Waals surface area (Å²) in [6.07, 6.45) is 0. The van der Waals surface area contributed by atoms with Crippen molar-refractivity contribution in [2.75, 3.05) is 13.1 Å². The molecule has 1 aliphatic heterocycles. The Morgan fingerprint density at radius 1 is 1.43 bits per heavy atom. The molecule has 0 aliphatic carbocycles. The molecule has 0 bridgehead atoms. The smallest absolute Gasteiger partial charge is 0.241 e. The zero-order chi connectivity index (χ0) is 14.8. The Morgan fingerprint density at radius 3 is 3.10 bits per heavy atom. The van der Waals surface area contributed by atoms with E-state index in [1.165, 1.54) is 0 Å². The highest BCUT2D eigenvalue weighted by Crippen LogP contribution is 2.20. The molecule has 21 heavy (non-hydrogen) atoms. The van der Waals surface area contributed by atoms with E-state index in [-0.39, 0.29) is 0 Å². The molecule has 0 radical (unpaired) electrons. The molecule has 5 nitrogen and oxygen atoms in total. The van der Waals surface area contributed by atoms with Gasteiger partial charge < -0.3 is 9.84 Å². The van der Waals surface area contributed by atoms with Gasteiger partial charge in [0.05, 0.1) is 6.54 Å². The van der Waals surface area contributed by atoms with Crippen molar-refractivity contribution >= 4 is 11.6 Å². The molecule has 6 heteroatoms. The summed E-state index contributed by atoms with van der Waals surface area (Å²) in [5.74, 6) is 1.23. The lowest BCUT2D eigenvalue weighted by Crippen LogP contribution is -2.53. The molecule has 0 amide bonds. The molecule has 1 N–H and O–H groups in total. The van der Waals surface area contributed by atoms with Crippen LogP contribution in [-0.4, -0.2) is 40.2 Å². The molecule has 1 aliphatic rings. The molecule has 2 aromatic rings. The van der Waals surface area contributed by atoms with Crippen LogP contribution >= 0.6 is 11.6 Å². The Hall–Kier alpha value is -1.43. The van der Waals surface area contributed by atoms with Gasteiger partial charge in [-0.25, -0.2) is 0 Å². The first kappa shape index (κ1) is 14.5. The lowest BCUT2D eigenvalue weighted by atomic mass is 10.1. The van der Waals surface area contributed by atoms with Crippen molar-refractivity contribution in [3.8, 4) is 11.4 Å². The fourth-order valence-electron chi connectivity index (χ4n) is 2.56. The predicted molar refractivity (Wildman–Crippen MR) is 82.1 cm³/mol. The molecule has 112 valence electrons. The predicted octanol–water partition coefficient (Wildman–Crippen LogP) is 2.57. The van der Waals surface area contributed by atoms with Gasteiger partial charge in [-0.05, 0) is 26.0 Å². The van der Waals surface area contributed by atoms with E-state index in [4.69, 9.17) is 16.1 Å². The third-order valence-corrected chi connectivity index (χ3v) is 4.02. The first-order chi connectivity index (χ1) is 10.1. The summed E-state index contributed by atoms with van der Waals surface area (Å²) < 4.78 is 5.38. The molecule has 0 spiro atoms. The molecule has 2 heterocycles. The minimum absolute atomic E-state index is 0.461. The Morgan fingerprint density at radius 2 is 2.29 bits per heavy atom. The van der Waals surface area contributed by atoms with Gasteiger partial charge in [0.15, 0.2) is 0 Å². The Kier molecular flexibility index (Phi) is 4.24. The number of halogens is 1. The summed E-state index contributed by atoms with van der Waals surface area (Å²) in [6, 6.07) is 8.42. The van der Waals surface area contributed by atoms with Crippen LogP contribution in [0.5, 0.6) is 0 Å². The van der Waals surface area contributed by atoms with Crippen LogP contribution in [0, 0.1) is 0 Å². The first-order valence-corrected chi connectivity index (χ1v) is 7.55. The van der Waals surface area contributed by atoms with E-state index in [9.17, 15) is 0 Å². The summed E-state index contributed by atoms with van der Waals surface area (Å²) in [7, 11) is 0. The van der Waals surface area contributed by atoms with Crippen LogP contribution in [0.25, 0.3) is 11.4 Å². The molecular weight excluding hydrogens is 288 g/mol. The summed E-state index contributed by atoms with van der Waals surface area (Å²) in [6.45, 7) is 7.03. The molecule has 2 atom stereocenters. The van der Waals surface area contributed by atoms with Crippen LogP contribution in [-0.2, 0) is 6.54 Å². The third-order valence-electron chi connectivity index (χ3n) is 3.78. The van der Waals surface area contributed by atoms with Crippen LogP contribution in [0.3, 0.4) is 0 Å². The van der Waals surface area contributed by atoms with E-state index in [0.29, 0.717) is 35.4 Å². The standard InChI is InChI=1S/C15H19ClN4O/c1-10-8-20(11(2)7-17-10)9-14-18-15(19-21-14)12-4-3-5-13(16)6-12/h3-6,10-11,17H,7-9H2,1-2H3. The molecule has 1 saturated heterocycles. The number of nitrogens with one attached hydrogen (secondary N) is 1. The second kappa shape index (κ2) is 6.13. The second-order valence-electron chi connectivity index (χ2n) is 5.61. The van der Waals surface area contributed by atoms with Crippen LogP contribution in [0.15, 0.2) is 28.8 Å². The zero-order valence-corrected chi connectivity index (χ0v) is 13.0. The fraction of sp³-hybridized carbons (Fsp3) is 0.467. The van der Waals surface area contributed by atoms with E-state index < -0.39 is 0 Å². The summed E-state index contributed by atoms with van der Waals surface area (Å²) in [5, 5.41) is 8.18. The number of hydrogen-bond acceptors (Lipinski definition) is 5. The first-order valence-electron chi connectivity index (χ1n) is 7.18. The van der Waals surface area contributed by atoms with Crippen molar-refractivity contribution in [2.24, 2.45) is 0 Å². The Labute approximate surface area is 129 Å². The van der Waals surface area contributed by atoms with Gasteiger partial charge in [0.2, 0.25) is 11.7 Å². The molecule has 0 saturated carbocycles. The highest BCUT2D eigenvalue weighted by Gasteiger charge is 2.24. The number of benzene rings is 1. The van der Waals surface area contributed by atoms with E-state index >= 15 is 0 Å². The largest absolute Gasteiger partial charge is 0.338 e. The topological polar surface area (TPSA) is 54.2 Å².